The summed E-state index contributed by atoms with van der Waals surface area (Å²) >= 11 is 1.80. The summed E-state index contributed by atoms with van der Waals surface area (Å²) in [7, 11) is 0. The number of hydrogen-bond acceptors (Lipinski definition) is 4. The molecule has 1 aromatic rings. The predicted octanol–water partition coefficient (Wildman–Crippen LogP) is 1.68. The van der Waals surface area contributed by atoms with Crippen molar-refractivity contribution in [3.05, 3.63) is 22.4 Å². The van der Waals surface area contributed by atoms with Gasteiger partial charge < -0.3 is 10.4 Å². The molecule has 1 saturated carbocycles. The summed E-state index contributed by atoms with van der Waals surface area (Å²) in [5.74, 6) is 0. The monoisotopic (exact) mass is 254 g/mol. The van der Waals surface area contributed by atoms with Crippen LogP contribution in [0.25, 0.3) is 0 Å². The molecule has 0 spiro atoms. The van der Waals surface area contributed by atoms with Gasteiger partial charge in [0.25, 0.3) is 0 Å². The van der Waals surface area contributed by atoms with Gasteiger partial charge in [-0.05, 0) is 30.8 Å². The first-order valence-corrected chi connectivity index (χ1v) is 7.32. The third-order valence-electron chi connectivity index (χ3n) is 3.08. The number of rotatable bonds is 8. The second kappa shape index (κ2) is 6.50. The topological polar surface area (TPSA) is 35.5 Å². The van der Waals surface area contributed by atoms with Crippen LogP contribution < -0.4 is 5.32 Å². The molecule has 1 atom stereocenters. The molecule has 0 aliphatic heterocycles. The van der Waals surface area contributed by atoms with Gasteiger partial charge in [-0.1, -0.05) is 13.0 Å². The number of aliphatic hydroxyl groups excluding tert-OH is 1. The third-order valence-corrected chi connectivity index (χ3v) is 3.94. The molecule has 1 aliphatic carbocycles. The normalized spacial score (nSPS) is 17.6. The van der Waals surface area contributed by atoms with E-state index in [4.69, 9.17) is 0 Å². The van der Waals surface area contributed by atoms with E-state index in [-0.39, 0.29) is 6.10 Å². The van der Waals surface area contributed by atoms with Crippen molar-refractivity contribution in [2.75, 3.05) is 19.6 Å². The maximum absolute atomic E-state index is 9.96. The van der Waals surface area contributed by atoms with E-state index >= 15 is 0 Å². The van der Waals surface area contributed by atoms with Gasteiger partial charge in [0.15, 0.2) is 0 Å². The van der Waals surface area contributed by atoms with Gasteiger partial charge in [-0.2, -0.15) is 0 Å². The van der Waals surface area contributed by atoms with E-state index in [0.717, 1.165) is 19.6 Å². The molecule has 17 heavy (non-hydrogen) atoms. The lowest BCUT2D eigenvalue weighted by atomic mass is 10.3. The molecule has 2 rings (SSSR count). The Kier molecular flexibility index (Phi) is 4.98. The minimum absolute atomic E-state index is 0.254. The first-order chi connectivity index (χ1) is 8.29. The first-order valence-electron chi connectivity index (χ1n) is 6.44. The van der Waals surface area contributed by atoms with Gasteiger partial charge >= 0.3 is 0 Å². The Morgan fingerprint density at radius 3 is 3.00 bits per heavy atom. The molecule has 0 amide bonds. The molecule has 1 aromatic heterocycles. The summed E-state index contributed by atoms with van der Waals surface area (Å²) in [6, 6.07) is 4.98. The summed E-state index contributed by atoms with van der Waals surface area (Å²) in [6.45, 7) is 5.47. The van der Waals surface area contributed by atoms with Crippen molar-refractivity contribution in [3.63, 3.8) is 0 Å². The minimum Gasteiger partial charge on any atom is -0.390 e. The highest BCUT2D eigenvalue weighted by molar-refractivity contribution is 7.09. The number of nitrogens with one attached hydrogen (secondary N) is 1. The van der Waals surface area contributed by atoms with Gasteiger partial charge in [0.2, 0.25) is 0 Å². The summed E-state index contributed by atoms with van der Waals surface area (Å²) in [6.07, 6.45) is 2.33. The maximum Gasteiger partial charge on any atom is 0.0791 e. The fourth-order valence-electron chi connectivity index (χ4n) is 2.03. The van der Waals surface area contributed by atoms with Crippen LogP contribution in [0.4, 0.5) is 0 Å². The molecule has 1 unspecified atom stereocenters. The van der Waals surface area contributed by atoms with Crippen LogP contribution in [0.15, 0.2) is 17.5 Å². The van der Waals surface area contributed by atoms with E-state index in [9.17, 15) is 5.11 Å². The Hall–Kier alpha value is -0.420. The number of nitrogens with zero attached hydrogens (tertiary/aromatic N) is 1. The van der Waals surface area contributed by atoms with Gasteiger partial charge in [-0.15, -0.1) is 11.3 Å². The quantitative estimate of drug-likeness (QED) is 0.741. The highest BCUT2D eigenvalue weighted by Crippen LogP contribution is 2.29. The zero-order valence-electron chi connectivity index (χ0n) is 10.4. The predicted molar refractivity (Wildman–Crippen MR) is 72.3 cm³/mol. The molecular formula is C13H22N2OS. The van der Waals surface area contributed by atoms with Crippen LogP contribution in [0.2, 0.25) is 0 Å². The Labute approximate surface area is 107 Å². The molecule has 0 saturated heterocycles. The molecule has 96 valence electrons. The summed E-state index contributed by atoms with van der Waals surface area (Å²) in [5, 5.41) is 15.3. The maximum atomic E-state index is 9.96. The lowest BCUT2D eigenvalue weighted by Gasteiger charge is -2.24. The van der Waals surface area contributed by atoms with Crippen molar-refractivity contribution in [3.8, 4) is 0 Å². The highest BCUT2D eigenvalue weighted by Gasteiger charge is 2.30. The van der Waals surface area contributed by atoms with Crippen molar-refractivity contribution >= 4 is 11.3 Å². The second-order valence-electron chi connectivity index (χ2n) is 4.70. The fraction of sp³-hybridized carbons (Fsp3) is 0.692. The number of likely N-dealkylation sites (N-methyl/N-ethyl adjacent to an activating group) is 1. The Bertz CT molecular complexity index is 311. The van der Waals surface area contributed by atoms with Crippen LogP contribution in [0.5, 0.6) is 0 Å². The average molecular weight is 254 g/mol. The van der Waals surface area contributed by atoms with E-state index in [0.29, 0.717) is 12.6 Å². The SMILES string of the molecule is CCNCC(O)CN(Cc1cccs1)C1CC1. The standard InChI is InChI=1S/C13H22N2OS/c1-2-14-8-12(16)9-15(11-5-6-11)10-13-4-3-7-17-13/h3-4,7,11-12,14,16H,2,5-6,8-10H2,1H3. The number of hydrogen-bond donors (Lipinski definition) is 2. The van der Waals surface area contributed by atoms with Crippen LogP contribution >= 0.6 is 11.3 Å². The zero-order chi connectivity index (χ0) is 12.1. The molecule has 0 aromatic carbocycles. The molecular weight excluding hydrogens is 232 g/mol. The molecule has 0 radical (unpaired) electrons. The lowest BCUT2D eigenvalue weighted by Crippen LogP contribution is -2.39. The summed E-state index contributed by atoms with van der Waals surface area (Å²) in [4.78, 5) is 3.82. The average Bonchev–Trinajstić information content (AvgIpc) is 3.05. The van der Waals surface area contributed by atoms with Crippen LogP contribution in [-0.2, 0) is 6.54 Å². The molecule has 1 fully saturated rings. The molecule has 2 N–H and O–H groups in total. The van der Waals surface area contributed by atoms with Gasteiger partial charge in [0.05, 0.1) is 6.10 Å². The van der Waals surface area contributed by atoms with Crippen molar-refractivity contribution in [1.29, 1.82) is 0 Å². The summed E-state index contributed by atoms with van der Waals surface area (Å²) in [5.41, 5.74) is 0. The number of aliphatic hydroxyl groups is 1. The van der Waals surface area contributed by atoms with Gasteiger partial charge in [0, 0.05) is 30.6 Å². The Morgan fingerprint density at radius 1 is 1.59 bits per heavy atom. The van der Waals surface area contributed by atoms with E-state index in [1.165, 1.54) is 17.7 Å². The third kappa shape index (κ3) is 4.39. The fourth-order valence-corrected chi connectivity index (χ4v) is 2.76. The largest absolute Gasteiger partial charge is 0.390 e. The first kappa shape index (κ1) is 13.0. The molecule has 3 nitrogen and oxygen atoms in total. The summed E-state index contributed by atoms with van der Waals surface area (Å²) < 4.78 is 0. The van der Waals surface area contributed by atoms with Crippen LogP contribution in [-0.4, -0.2) is 41.8 Å². The van der Waals surface area contributed by atoms with E-state index in [1.54, 1.807) is 11.3 Å². The van der Waals surface area contributed by atoms with Crippen molar-refractivity contribution in [2.45, 2.75) is 38.5 Å². The molecule has 0 bridgehead atoms. The number of thiophene rings is 1. The van der Waals surface area contributed by atoms with Gasteiger partial charge in [-0.25, -0.2) is 0 Å². The molecule has 1 aliphatic rings. The zero-order valence-corrected chi connectivity index (χ0v) is 11.2. The van der Waals surface area contributed by atoms with Crippen LogP contribution in [0.1, 0.15) is 24.6 Å². The van der Waals surface area contributed by atoms with Crippen LogP contribution in [0, 0.1) is 0 Å². The highest BCUT2D eigenvalue weighted by atomic mass is 32.1. The van der Waals surface area contributed by atoms with E-state index in [1.807, 2.05) is 0 Å². The van der Waals surface area contributed by atoms with E-state index in [2.05, 4.69) is 34.7 Å². The second-order valence-corrected chi connectivity index (χ2v) is 5.73. The van der Waals surface area contributed by atoms with Crippen molar-refractivity contribution in [1.82, 2.24) is 10.2 Å². The van der Waals surface area contributed by atoms with Gasteiger partial charge in [0.1, 0.15) is 0 Å². The molecule has 4 heteroatoms. The smallest absolute Gasteiger partial charge is 0.0791 e. The van der Waals surface area contributed by atoms with Crippen molar-refractivity contribution in [2.24, 2.45) is 0 Å². The Morgan fingerprint density at radius 2 is 2.41 bits per heavy atom. The van der Waals surface area contributed by atoms with Crippen molar-refractivity contribution < 1.29 is 5.11 Å². The van der Waals surface area contributed by atoms with E-state index < -0.39 is 0 Å². The molecule has 1 heterocycles. The van der Waals surface area contributed by atoms with Crippen LogP contribution in [0.3, 0.4) is 0 Å². The lowest BCUT2D eigenvalue weighted by molar-refractivity contribution is 0.104. The Balaban J connectivity index is 1.80. The minimum atomic E-state index is -0.254. The van der Waals surface area contributed by atoms with Gasteiger partial charge in [-0.3, -0.25) is 4.90 Å².